The monoisotopic (exact) mass is 600 g/mol. The van der Waals surface area contributed by atoms with Gasteiger partial charge in [0.2, 0.25) is 29.7 Å². The lowest BCUT2D eigenvalue weighted by Gasteiger charge is -2.18. The molecule has 240 valence electrons. The Hall–Kier alpha value is -3.78. The molecule has 6 N–H and O–H groups in total. The first-order chi connectivity index (χ1) is 18.9. The van der Waals surface area contributed by atoms with Gasteiger partial charge >= 0.3 is 0 Å². The summed E-state index contributed by atoms with van der Waals surface area (Å²) in [7, 11) is 0. The summed E-state index contributed by atoms with van der Waals surface area (Å²) < 4.78 is 27.8. The summed E-state index contributed by atoms with van der Waals surface area (Å²) in [6.07, 6.45) is 3.67. The number of carboxylic acid groups (broad SMARTS) is 1. The Labute approximate surface area is 248 Å². The van der Waals surface area contributed by atoms with Crippen LogP contribution in [-0.4, -0.2) is 59.0 Å². The van der Waals surface area contributed by atoms with Gasteiger partial charge in [-0.25, -0.2) is 8.78 Å². The standard InChI is InChI=1S/C13H22FN5O.C11H20FN5.C2H4O2.CH4/c1-6-9(7-2)16-12-18-10(13(4,5)14)17-11(19-12)15-8(3)20;1-5-7(6-2)14-10-16-8(11(3,4)12)15-9(13)17-10;1-2(3)4;/h9H,6-7H2,1-5H3,(H2,15,16,17,18,19,20);7H,5-6H2,1-4H3,(H3,13,14,15,16,17);1H3,(H,3,4);1H4. The molecule has 0 fully saturated rings. The first kappa shape index (κ1) is 40.4. The van der Waals surface area contributed by atoms with Crippen molar-refractivity contribution in [2.75, 3.05) is 21.7 Å². The molecule has 1 amide bonds. The number of carbonyl (C=O) groups excluding carboxylic acids is 1. The minimum Gasteiger partial charge on any atom is -0.481 e. The third kappa shape index (κ3) is 16.5. The van der Waals surface area contributed by atoms with E-state index in [0.29, 0.717) is 5.95 Å². The fourth-order valence-corrected chi connectivity index (χ4v) is 2.99. The highest BCUT2D eigenvalue weighted by Crippen LogP contribution is 2.24. The number of rotatable bonds is 11. The van der Waals surface area contributed by atoms with Crippen molar-refractivity contribution in [3.05, 3.63) is 11.6 Å². The highest BCUT2D eigenvalue weighted by molar-refractivity contribution is 5.86. The number of hydrogen-bond donors (Lipinski definition) is 5. The van der Waals surface area contributed by atoms with E-state index in [4.69, 9.17) is 15.6 Å². The van der Waals surface area contributed by atoms with Gasteiger partial charge in [-0.1, -0.05) is 35.1 Å². The largest absolute Gasteiger partial charge is 0.481 e. The van der Waals surface area contributed by atoms with E-state index in [1.807, 2.05) is 13.8 Å². The molecule has 0 bridgehead atoms. The number of anilines is 4. The summed E-state index contributed by atoms with van der Waals surface area (Å²) in [4.78, 5) is 44.0. The van der Waals surface area contributed by atoms with Gasteiger partial charge in [0.05, 0.1) is 0 Å². The van der Waals surface area contributed by atoms with Crippen LogP contribution >= 0.6 is 0 Å². The molecule has 15 heteroatoms. The van der Waals surface area contributed by atoms with Crippen LogP contribution in [0.4, 0.5) is 32.6 Å². The zero-order valence-corrected chi connectivity index (χ0v) is 25.8. The zero-order valence-electron chi connectivity index (χ0n) is 25.8. The number of nitrogens with one attached hydrogen (secondary N) is 3. The van der Waals surface area contributed by atoms with Crippen LogP contribution in [0.15, 0.2) is 0 Å². The molecular formula is C27H50F2N10O3. The molecule has 2 aromatic heterocycles. The van der Waals surface area contributed by atoms with Crippen molar-refractivity contribution in [3.63, 3.8) is 0 Å². The van der Waals surface area contributed by atoms with Gasteiger partial charge in [-0.05, 0) is 53.4 Å². The summed E-state index contributed by atoms with van der Waals surface area (Å²) >= 11 is 0. The third-order valence-electron chi connectivity index (χ3n) is 5.28. The van der Waals surface area contributed by atoms with E-state index in [0.717, 1.165) is 32.6 Å². The van der Waals surface area contributed by atoms with Crippen molar-refractivity contribution in [3.8, 4) is 0 Å². The summed E-state index contributed by atoms with van der Waals surface area (Å²) in [6, 6.07) is 0.450. The second-order valence-corrected chi connectivity index (χ2v) is 10.1. The fourth-order valence-electron chi connectivity index (χ4n) is 2.99. The maximum atomic E-state index is 14.0. The molecule has 0 saturated carbocycles. The van der Waals surface area contributed by atoms with Gasteiger partial charge in [0.25, 0.3) is 5.97 Å². The van der Waals surface area contributed by atoms with Crippen LogP contribution in [0.2, 0.25) is 0 Å². The molecule has 0 aliphatic heterocycles. The summed E-state index contributed by atoms with van der Waals surface area (Å²) in [6.45, 7) is 16.1. The smallest absolute Gasteiger partial charge is 0.300 e. The number of aromatic nitrogens is 6. The summed E-state index contributed by atoms with van der Waals surface area (Å²) in [5.74, 6) is -0.392. The zero-order chi connectivity index (χ0) is 32.0. The molecule has 13 nitrogen and oxygen atoms in total. The molecule has 2 heterocycles. The summed E-state index contributed by atoms with van der Waals surface area (Å²) in [5.41, 5.74) is 2.21. The van der Waals surface area contributed by atoms with Gasteiger partial charge in [-0.2, -0.15) is 29.9 Å². The Morgan fingerprint density at radius 3 is 1.40 bits per heavy atom. The average Bonchev–Trinajstić information content (AvgIpc) is 2.84. The van der Waals surface area contributed by atoms with Crippen LogP contribution in [0, 0.1) is 0 Å². The van der Waals surface area contributed by atoms with E-state index in [2.05, 4.69) is 59.7 Å². The van der Waals surface area contributed by atoms with Crippen molar-refractivity contribution >= 4 is 35.7 Å². The maximum absolute atomic E-state index is 14.0. The number of aliphatic carboxylic acids is 1. The molecule has 0 aromatic carbocycles. The van der Waals surface area contributed by atoms with Crippen LogP contribution < -0.4 is 21.7 Å². The van der Waals surface area contributed by atoms with E-state index < -0.39 is 17.3 Å². The predicted molar refractivity (Wildman–Crippen MR) is 163 cm³/mol. The van der Waals surface area contributed by atoms with Crippen molar-refractivity contribution in [2.24, 2.45) is 0 Å². The number of halogens is 2. The molecular weight excluding hydrogens is 550 g/mol. The molecule has 42 heavy (non-hydrogen) atoms. The molecule has 0 radical (unpaired) electrons. The van der Waals surface area contributed by atoms with Gasteiger partial charge in [-0.3, -0.25) is 14.9 Å². The van der Waals surface area contributed by atoms with Crippen molar-refractivity contribution in [1.82, 2.24) is 29.9 Å². The number of hydrogen-bond acceptors (Lipinski definition) is 11. The molecule has 0 unspecified atom stereocenters. The van der Waals surface area contributed by atoms with E-state index in [1.165, 1.54) is 34.6 Å². The minimum absolute atomic E-state index is 0. The minimum atomic E-state index is -1.71. The van der Waals surface area contributed by atoms with Crippen molar-refractivity contribution < 1.29 is 23.5 Å². The lowest BCUT2D eigenvalue weighted by atomic mass is 10.1. The molecule has 0 aliphatic carbocycles. The van der Waals surface area contributed by atoms with Gasteiger partial charge < -0.3 is 21.5 Å². The number of alkyl halides is 2. The highest BCUT2D eigenvalue weighted by Gasteiger charge is 2.26. The Bertz CT molecular complexity index is 1100. The molecule has 2 rings (SSSR count). The third-order valence-corrected chi connectivity index (χ3v) is 5.28. The number of carbonyl (C=O) groups is 2. The topological polar surface area (TPSA) is 194 Å². The van der Waals surface area contributed by atoms with Crippen LogP contribution in [0.1, 0.15) is 114 Å². The van der Waals surface area contributed by atoms with Gasteiger partial charge in [-0.15, -0.1) is 0 Å². The Balaban J connectivity index is 0. The van der Waals surface area contributed by atoms with E-state index >= 15 is 0 Å². The van der Waals surface area contributed by atoms with Crippen LogP contribution in [0.3, 0.4) is 0 Å². The maximum Gasteiger partial charge on any atom is 0.300 e. The molecule has 0 aliphatic rings. The molecule has 0 saturated heterocycles. The predicted octanol–water partition coefficient (Wildman–Crippen LogP) is 5.62. The first-order valence-electron chi connectivity index (χ1n) is 13.5. The average molecular weight is 601 g/mol. The van der Waals surface area contributed by atoms with E-state index in [9.17, 15) is 13.6 Å². The van der Waals surface area contributed by atoms with Crippen LogP contribution in [-0.2, 0) is 20.9 Å². The lowest BCUT2D eigenvalue weighted by molar-refractivity contribution is -0.134. The summed E-state index contributed by atoms with van der Waals surface area (Å²) in [5, 5.41) is 16.1. The fraction of sp³-hybridized carbons (Fsp3) is 0.704. The van der Waals surface area contributed by atoms with Gasteiger partial charge in [0, 0.05) is 25.9 Å². The number of carboxylic acids is 1. The van der Waals surface area contributed by atoms with Crippen molar-refractivity contribution in [2.45, 2.75) is 126 Å². The highest BCUT2D eigenvalue weighted by atomic mass is 19.1. The quantitative estimate of drug-likeness (QED) is 0.214. The number of nitrogens with zero attached hydrogens (tertiary/aromatic N) is 6. The Morgan fingerprint density at radius 1 is 0.738 bits per heavy atom. The number of nitrogen functional groups attached to an aromatic ring is 1. The second kappa shape index (κ2) is 18.6. The number of nitrogens with two attached hydrogens (primary N) is 1. The SMILES string of the molecule is C.CC(=O)O.CCC(CC)Nc1nc(N)nc(C(C)(C)F)n1.CCC(CC)Nc1nc(NC(C)=O)nc(C(C)(C)F)n1. The Kier molecular flexibility index (Phi) is 17.9. The van der Waals surface area contributed by atoms with Crippen molar-refractivity contribution in [1.29, 1.82) is 0 Å². The van der Waals surface area contributed by atoms with Gasteiger partial charge in [0.1, 0.15) is 0 Å². The molecule has 2 aromatic rings. The Morgan fingerprint density at radius 2 is 1.07 bits per heavy atom. The molecule has 0 spiro atoms. The van der Waals surface area contributed by atoms with E-state index in [1.54, 1.807) is 0 Å². The van der Waals surface area contributed by atoms with Crippen LogP contribution in [0.25, 0.3) is 0 Å². The van der Waals surface area contributed by atoms with E-state index in [-0.39, 0.29) is 54.9 Å². The first-order valence-corrected chi connectivity index (χ1v) is 13.5. The second-order valence-electron chi connectivity index (χ2n) is 10.1. The van der Waals surface area contributed by atoms with Crippen LogP contribution in [0.5, 0.6) is 0 Å². The van der Waals surface area contributed by atoms with Gasteiger partial charge in [0.15, 0.2) is 23.0 Å². The molecule has 0 atom stereocenters. The number of amides is 1. The lowest BCUT2D eigenvalue weighted by Crippen LogP contribution is -2.23. The normalized spacial score (nSPS) is 10.9.